The zero-order valence-electron chi connectivity index (χ0n) is 9.64. The molecule has 1 heterocycles. The van der Waals surface area contributed by atoms with Gasteiger partial charge in [-0.25, -0.2) is 14.8 Å². The monoisotopic (exact) mass is 265 g/mol. The minimum atomic E-state index is -1.24. The third-order valence-corrected chi connectivity index (χ3v) is 2.57. The van der Waals surface area contributed by atoms with E-state index in [4.69, 9.17) is 10.8 Å². The van der Waals surface area contributed by atoms with Gasteiger partial charge in [-0.1, -0.05) is 17.7 Å². The van der Waals surface area contributed by atoms with Crippen LogP contribution in [0.3, 0.4) is 0 Å². The van der Waals surface area contributed by atoms with E-state index in [9.17, 15) is 9.59 Å². The van der Waals surface area contributed by atoms with E-state index in [1.165, 1.54) is 24.9 Å². The Bertz CT molecular complexity index is 534. The largest absolute Gasteiger partial charge is 0.476 e. The number of carboxylic acids is 1. The first-order chi connectivity index (χ1) is 8.50. The number of carboxylic acid groups (broad SMARTS) is 1. The van der Waals surface area contributed by atoms with Gasteiger partial charge in [-0.05, 0) is 5.92 Å². The summed E-state index contributed by atoms with van der Waals surface area (Å²) in [6.07, 6.45) is 1.82. The molecule has 3 N–H and O–H groups in total. The minimum absolute atomic E-state index is 0.0391. The van der Waals surface area contributed by atoms with Crippen LogP contribution in [0.5, 0.6) is 0 Å². The number of aromatic nitrogens is 2. The molecule has 0 radical (unpaired) electrons. The van der Waals surface area contributed by atoms with Gasteiger partial charge < -0.3 is 10.8 Å². The Balaban J connectivity index is 2.68. The fraction of sp³-hybridized carbons (Fsp3) is 0.273. The van der Waals surface area contributed by atoms with Crippen LogP contribution in [0.2, 0.25) is 0 Å². The van der Waals surface area contributed by atoms with E-state index < -0.39 is 5.97 Å². The summed E-state index contributed by atoms with van der Waals surface area (Å²) in [6, 6.07) is 0. The zero-order valence-corrected chi connectivity index (χ0v) is 10.5. The summed E-state index contributed by atoms with van der Waals surface area (Å²) < 4.78 is 0. The molecule has 0 aliphatic rings. The molecule has 0 fully saturated rings. The van der Waals surface area contributed by atoms with Gasteiger partial charge in [0, 0.05) is 19.1 Å². The summed E-state index contributed by atoms with van der Waals surface area (Å²) in [5.41, 5.74) is 5.30. The number of thioether (sulfide) groups is 1. The molecule has 0 bridgehead atoms. The van der Waals surface area contributed by atoms with E-state index in [1.54, 1.807) is 0 Å². The molecule has 0 saturated carbocycles. The van der Waals surface area contributed by atoms with E-state index in [0.29, 0.717) is 12.2 Å². The van der Waals surface area contributed by atoms with Gasteiger partial charge in [0.1, 0.15) is 5.69 Å². The van der Waals surface area contributed by atoms with Crippen molar-refractivity contribution in [1.29, 1.82) is 0 Å². The Labute approximate surface area is 108 Å². The smallest absolute Gasteiger partial charge is 0.358 e. The van der Waals surface area contributed by atoms with Crippen molar-refractivity contribution >= 4 is 28.7 Å². The normalized spacial score (nSPS) is 9.39. The van der Waals surface area contributed by atoms with Crippen LogP contribution in [0.25, 0.3) is 0 Å². The predicted molar refractivity (Wildman–Crippen MR) is 68.0 cm³/mol. The lowest BCUT2D eigenvalue weighted by Gasteiger charge is -1.98. The maximum atomic E-state index is 10.8. The van der Waals surface area contributed by atoms with Gasteiger partial charge in [-0.3, -0.25) is 4.79 Å². The average Bonchev–Trinajstić information content (AvgIpc) is 2.30. The number of carbonyl (C=O) groups excluding carboxylic acids is 1. The van der Waals surface area contributed by atoms with Crippen LogP contribution in [-0.4, -0.2) is 31.9 Å². The molecule has 94 valence electrons. The predicted octanol–water partition coefficient (Wildman–Crippen LogP) is 0.778. The van der Waals surface area contributed by atoms with Crippen molar-refractivity contribution in [2.75, 3.05) is 11.5 Å². The number of carbonyl (C=O) groups is 2. The second-order valence-corrected chi connectivity index (χ2v) is 4.46. The van der Waals surface area contributed by atoms with E-state index in [0.717, 1.165) is 0 Å². The van der Waals surface area contributed by atoms with Crippen LogP contribution in [0.1, 0.15) is 29.5 Å². The van der Waals surface area contributed by atoms with Gasteiger partial charge in [0.25, 0.3) is 0 Å². The Morgan fingerprint density at radius 2 is 2.28 bits per heavy atom. The highest BCUT2D eigenvalue weighted by Crippen LogP contribution is 2.05. The first-order valence-electron chi connectivity index (χ1n) is 4.98. The summed E-state index contributed by atoms with van der Waals surface area (Å²) in [5.74, 6) is 4.67. The van der Waals surface area contributed by atoms with Crippen LogP contribution in [0.15, 0.2) is 6.20 Å². The SMILES string of the molecule is CC(=O)SCCC#Cc1cnc(N)c(C(=O)O)n1. The Morgan fingerprint density at radius 1 is 1.56 bits per heavy atom. The van der Waals surface area contributed by atoms with Crippen LogP contribution in [-0.2, 0) is 4.79 Å². The Kier molecular flexibility index (Phi) is 5.14. The molecule has 7 heteroatoms. The van der Waals surface area contributed by atoms with Crippen molar-refractivity contribution in [3.8, 4) is 11.8 Å². The number of nitrogens with two attached hydrogens (primary N) is 1. The lowest BCUT2D eigenvalue weighted by molar-refractivity contribution is -0.109. The second kappa shape index (κ2) is 6.61. The van der Waals surface area contributed by atoms with Gasteiger partial charge in [0.2, 0.25) is 0 Å². The molecule has 1 rings (SSSR count). The molecule has 6 nitrogen and oxygen atoms in total. The number of hydrogen-bond acceptors (Lipinski definition) is 6. The fourth-order valence-corrected chi connectivity index (χ4v) is 1.51. The maximum Gasteiger partial charge on any atom is 0.358 e. The topological polar surface area (TPSA) is 106 Å². The van der Waals surface area contributed by atoms with Crippen LogP contribution < -0.4 is 5.73 Å². The van der Waals surface area contributed by atoms with Crippen molar-refractivity contribution in [1.82, 2.24) is 9.97 Å². The number of rotatable bonds is 3. The molecule has 0 amide bonds. The van der Waals surface area contributed by atoms with Crippen molar-refractivity contribution in [2.45, 2.75) is 13.3 Å². The van der Waals surface area contributed by atoms with Crippen molar-refractivity contribution in [2.24, 2.45) is 0 Å². The molecule has 0 spiro atoms. The number of nitrogens with zero attached hydrogens (tertiary/aromatic N) is 2. The summed E-state index contributed by atoms with van der Waals surface area (Å²) in [7, 11) is 0. The van der Waals surface area contributed by atoms with Crippen LogP contribution in [0.4, 0.5) is 5.82 Å². The lowest BCUT2D eigenvalue weighted by atomic mass is 10.3. The number of hydrogen-bond donors (Lipinski definition) is 2. The quantitative estimate of drug-likeness (QED) is 0.614. The van der Waals surface area contributed by atoms with E-state index in [2.05, 4.69) is 21.8 Å². The highest BCUT2D eigenvalue weighted by atomic mass is 32.2. The third-order valence-electron chi connectivity index (χ3n) is 1.75. The Morgan fingerprint density at radius 3 is 2.89 bits per heavy atom. The summed E-state index contributed by atoms with van der Waals surface area (Å²) in [4.78, 5) is 28.9. The second-order valence-electron chi connectivity index (χ2n) is 3.19. The van der Waals surface area contributed by atoms with Gasteiger partial charge in [0.15, 0.2) is 16.6 Å². The molecule has 0 aliphatic carbocycles. The van der Waals surface area contributed by atoms with Gasteiger partial charge in [-0.15, -0.1) is 0 Å². The molecule has 1 aromatic heterocycles. The molecule has 0 atom stereocenters. The Hall–Kier alpha value is -2.07. The molecule has 0 aromatic carbocycles. The molecule has 1 aromatic rings. The molecule has 0 saturated heterocycles. The van der Waals surface area contributed by atoms with Crippen molar-refractivity contribution < 1.29 is 14.7 Å². The average molecular weight is 265 g/mol. The third kappa shape index (κ3) is 4.43. The molecular formula is C11H11N3O3S. The molecule has 18 heavy (non-hydrogen) atoms. The van der Waals surface area contributed by atoms with Gasteiger partial charge in [-0.2, -0.15) is 0 Å². The van der Waals surface area contributed by atoms with Crippen LogP contribution in [0, 0.1) is 11.8 Å². The maximum absolute atomic E-state index is 10.8. The lowest BCUT2D eigenvalue weighted by Crippen LogP contribution is -2.08. The fourth-order valence-electron chi connectivity index (χ4n) is 1.01. The first-order valence-corrected chi connectivity index (χ1v) is 5.97. The van der Waals surface area contributed by atoms with Gasteiger partial charge >= 0.3 is 5.97 Å². The van der Waals surface area contributed by atoms with E-state index >= 15 is 0 Å². The summed E-state index contributed by atoms with van der Waals surface area (Å²) >= 11 is 1.19. The molecule has 0 unspecified atom stereocenters. The van der Waals surface area contributed by atoms with Crippen LogP contribution >= 0.6 is 11.8 Å². The molecular weight excluding hydrogens is 254 g/mol. The number of anilines is 1. The number of nitrogen functional groups attached to an aromatic ring is 1. The summed E-state index contributed by atoms with van der Waals surface area (Å²) in [5, 5.41) is 8.83. The molecule has 0 aliphatic heterocycles. The van der Waals surface area contributed by atoms with E-state index in [-0.39, 0.29) is 22.3 Å². The van der Waals surface area contributed by atoms with Crippen molar-refractivity contribution in [3.63, 3.8) is 0 Å². The first kappa shape index (κ1) is 14.0. The highest BCUT2D eigenvalue weighted by Gasteiger charge is 2.10. The highest BCUT2D eigenvalue weighted by molar-refractivity contribution is 8.13. The zero-order chi connectivity index (χ0) is 13.5. The van der Waals surface area contributed by atoms with Crippen molar-refractivity contribution in [3.05, 3.63) is 17.6 Å². The summed E-state index contributed by atoms with van der Waals surface area (Å²) in [6.45, 7) is 1.49. The number of aromatic carboxylic acids is 1. The standard InChI is InChI=1S/C11H11N3O3S/c1-7(15)18-5-3-2-4-8-6-13-10(12)9(14-8)11(16)17/h6H,3,5H2,1H3,(H2,12,13)(H,16,17). The van der Waals surface area contributed by atoms with E-state index in [1.807, 2.05) is 0 Å². The van der Waals surface area contributed by atoms with Gasteiger partial charge in [0.05, 0.1) is 6.20 Å². The minimum Gasteiger partial charge on any atom is -0.476 e.